The van der Waals surface area contributed by atoms with Crippen LogP contribution in [0.5, 0.6) is 5.75 Å². The lowest BCUT2D eigenvalue weighted by atomic mass is 10.1. The average molecular weight is 553 g/mol. The quantitative estimate of drug-likeness (QED) is 0.174. The summed E-state index contributed by atoms with van der Waals surface area (Å²) in [5.74, 6) is -0.451. The van der Waals surface area contributed by atoms with Gasteiger partial charge in [-0.2, -0.15) is 0 Å². The second-order valence-corrected chi connectivity index (χ2v) is 10.0. The van der Waals surface area contributed by atoms with Gasteiger partial charge >= 0.3 is 0 Å². The standard InChI is InChI=1S/C31H28N4O4S/c1-21(29(36)33-24-14-16-32-17-15-24)40-27-13-7-11-25(20-27)34-31(38)28(19-22-8-6-12-26(18-22)39-2)35-30(37)23-9-4-3-5-10-23/h3-21H,1-2H3,(H,34,38)(H,35,37)(H,32,33,36)/b28-19-. The van der Waals surface area contributed by atoms with Crippen LogP contribution in [0.3, 0.4) is 0 Å². The molecule has 3 N–H and O–H groups in total. The van der Waals surface area contributed by atoms with Gasteiger partial charge in [0.1, 0.15) is 11.4 Å². The summed E-state index contributed by atoms with van der Waals surface area (Å²) in [7, 11) is 1.56. The lowest BCUT2D eigenvalue weighted by Crippen LogP contribution is -2.30. The highest BCUT2D eigenvalue weighted by atomic mass is 32.2. The summed E-state index contributed by atoms with van der Waals surface area (Å²) in [6, 6.07) is 26.4. The summed E-state index contributed by atoms with van der Waals surface area (Å²) in [6.45, 7) is 1.81. The Labute approximate surface area is 236 Å². The van der Waals surface area contributed by atoms with Crippen molar-refractivity contribution in [3.05, 3.63) is 120 Å². The summed E-state index contributed by atoms with van der Waals surface area (Å²) < 4.78 is 5.29. The van der Waals surface area contributed by atoms with Crippen LogP contribution in [-0.4, -0.2) is 35.1 Å². The summed E-state index contributed by atoms with van der Waals surface area (Å²) in [5.41, 5.74) is 2.34. The third-order valence-corrected chi connectivity index (χ3v) is 6.75. The SMILES string of the molecule is COc1cccc(/C=C(\NC(=O)c2ccccc2)C(=O)Nc2cccc(SC(C)C(=O)Nc3ccncc3)c2)c1. The molecule has 0 aliphatic rings. The highest BCUT2D eigenvalue weighted by Crippen LogP contribution is 2.27. The van der Waals surface area contributed by atoms with E-state index in [2.05, 4.69) is 20.9 Å². The van der Waals surface area contributed by atoms with E-state index >= 15 is 0 Å². The first-order valence-corrected chi connectivity index (χ1v) is 13.3. The normalized spacial score (nSPS) is 11.7. The minimum absolute atomic E-state index is 0.0604. The Morgan fingerprint density at radius 3 is 2.35 bits per heavy atom. The molecule has 0 spiro atoms. The molecule has 4 aromatic rings. The molecule has 1 heterocycles. The summed E-state index contributed by atoms with van der Waals surface area (Å²) >= 11 is 1.36. The van der Waals surface area contributed by atoms with Crippen molar-refractivity contribution in [1.82, 2.24) is 10.3 Å². The maximum Gasteiger partial charge on any atom is 0.272 e. The summed E-state index contributed by atoms with van der Waals surface area (Å²) in [6.07, 6.45) is 4.81. The van der Waals surface area contributed by atoms with Gasteiger partial charge in [0.15, 0.2) is 0 Å². The molecule has 1 aromatic heterocycles. The van der Waals surface area contributed by atoms with Crippen molar-refractivity contribution in [3.63, 3.8) is 0 Å². The van der Waals surface area contributed by atoms with Gasteiger partial charge in [0.05, 0.1) is 12.4 Å². The fourth-order valence-corrected chi connectivity index (χ4v) is 4.55. The molecule has 1 unspecified atom stereocenters. The second-order valence-electron chi connectivity index (χ2n) is 8.62. The second kappa shape index (κ2) is 13.8. The molecule has 1 atom stereocenters. The number of ether oxygens (including phenoxy) is 1. The molecule has 202 valence electrons. The molecule has 40 heavy (non-hydrogen) atoms. The van der Waals surface area contributed by atoms with Crippen LogP contribution in [0.1, 0.15) is 22.8 Å². The van der Waals surface area contributed by atoms with Crippen LogP contribution in [0, 0.1) is 0 Å². The van der Waals surface area contributed by atoms with E-state index in [-0.39, 0.29) is 11.6 Å². The Balaban J connectivity index is 1.50. The number of thioether (sulfide) groups is 1. The smallest absolute Gasteiger partial charge is 0.272 e. The highest BCUT2D eigenvalue weighted by molar-refractivity contribution is 8.00. The Bertz CT molecular complexity index is 1510. The van der Waals surface area contributed by atoms with Crippen molar-refractivity contribution < 1.29 is 19.1 Å². The van der Waals surface area contributed by atoms with Gasteiger partial charge in [-0.05, 0) is 73.2 Å². The van der Waals surface area contributed by atoms with E-state index in [0.29, 0.717) is 28.3 Å². The zero-order valence-electron chi connectivity index (χ0n) is 22.0. The first kappa shape index (κ1) is 28.1. The molecular weight excluding hydrogens is 524 g/mol. The molecule has 3 amide bonds. The molecular formula is C31H28N4O4S. The molecule has 3 aromatic carbocycles. The maximum absolute atomic E-state index is 13.4. The van der Waals surface area contributed by atoms with E-state index in [4.69, 9.17) is 4.74 Å². The van der Waals surface area contributed by atoms with Crippen molar-refractivity contribution in [1.29, 1.82) is 0 Å². The van der Waals surface area contributed by atoms with Crippen LogP contribution in [0.15, 0.2) is 114 Å². The molecule has 8 nitrogen and oxygen atoms in total. The van der Waals surface area contributed by atoms with Crippen molar-refractivity contribution in [2.24, 2.45) is 0 Å². The zero-order valence-corrected chi connectivity index (χ0v) is 22.8. The van der Waals surface area contributed by atoms with Crippen molar-refractivity contribution in [2.45, 2.75) is 17.1 Å². The molecule has 0 saturated heterocycles. The van der Waals surface area contributed by atoms with E-state index in [9.17, 15) is 14.4 Å². The molecule has 0 aliphatic heterocycles. The Morgan fingerprint density at radius 1 is 0.850 bits per heavy atom. The minimum Gasteiger partial charge on any atom is -0.497 e. The fourth-order valence-electron chi connectivity index (χ4n) is 3.62. The number of hydrogen-bond acceptors (Lipinski definition) is 6. The Hall–Kier alpha value is -4.89. The summed E-state index contributed by atoms with van der Waals surface area (Å²) in [5, 5.41) is 8.05. The van der Waals surface area contributed by atoms with Crippen molar-refractivity contribution >= 4 is 46.9 Å². The third kappa shape index (κ3) is 8.05. The number of amides is 3. The molecule has 0 saturated carbocycles. The molecule has 0 radical (unpaired) electrons. The number of methoxy groups -OCH3 is 1. The van der Waals surface area contributed by atoms with Crippen LogP contribution < -0.4 is 20.7 Å². The Kier molecular flexibility index (Phi) is 9.68. The first-order valence-electron chi connectivity index (χ1n) is 12.4. The number of anilines is 2. The van der Waals surface area contributed by atoms with Gasteiger partial charge in [0, 0.05) is 34.2 Å². The monoisotopic (exact) mass is 552 g/mol. The predicted molar refractivity (Wildman–Crippen MR) is 158 cm³/mol. The van der Waals surface area contributed by atoms with Gasteiger partial charge in [-0.15, -0.1) is 11.8 Å². The lowest BCUT2D eigenvalue weighted by Gasteiger charge is -2.14. The molecule has 4 rings (SSSR count). The third-order valence-electron chi connectivity index (χ3n) is 5.66. The maximum atomic E-state index is 13.4. The van der Waals surface area contributed by atoms with Gasteiger partial charge < -0.3 is 20.7 Å². The average Bonchev–Trinajstić information content (AvgIpc) is 2.98. The van der Waals surface area contributed by atoms with E-state index in [1.54, 1.807) is 111 Å². The van der Waals surface area contributed by atoms with E-state index in [1.165, 1.54) is 11.8 Å². The van der Waals surface area contributed by atoms with Crippen LogP contribution >= 0.6 is 11.8 Å². The number of nitrogens with zero attached hydrogens (tertiary/aromatic N) is 1. The topological polar surface area (TPSA) is 109 Å². The van der Waals surface area contributed by atoms with Crippen molar-refractivity contribution in [2.75, 3.05) is 17.7 Å². The summed E-state index contributed by atoms with van der Waals surface area (Å²) in [4.78, 5) is 43.6. The first-order chi connectivity index (χ1) is 19.4. The van der Waals surface area contributed by atoms with Gasteiger partial charge in [-0.1, -0.05) is 36.4 Å². The van der Waals surface area contributed by atoms with E-state index in [1.807, 2.05) is 12.1 Å². The van der Waals surface area contributed by atoms with E-state index in [0.717, 1.165) is 4.90 Å². The molecule has 0 bridgehead atoms. The van der Waals surface area contributed by atoms with Crippen LogP contribution in [0.25, 0.3) is 6.08 Å². The molecule has 9 heteroatoms. The van der Waals surface area contributed by atoms with Crippen LogP contribution in [-0.2, 0) is 9.59 Å². The molecule has 0 fully saturated rings. The van der Waals surface area contributed by atoms with Gasteiger partial charge in [0.25, 0.3) is 11.8 Å². The zero-order chi connectivity index (χ0) is 28.3. The number of benzene rings is 3. The van der Waals surface area contributed by atoms with Gasteiger partial charge in [0.2, 0.25) is 5.91 Å². The lowest BCUT2D eigenvalue weighted by molar-refractivity contribution is -0.115. The largest absolute Gasteiger partial charge is 0.497 e. The minimum atomic E-state index is -0.502. The molecule has 0 aliphatic carbocycles. The number of carbonyl (C=O) groups excluding carboxylic acids is 3. The van der Waals surface area contributed by atoms with Gasteiger partial charge in [-0.25, -0.2) is 0 Å². The number of nitrogens with one attached hydrogen (secondary N) is 3. The van der Waals surface area contributed by atoms with Crippen LogP contribution in [0.4, 0.5) is 11.4 Å². The fraction of sp³-hybridized carbons (Fsp3) is 0.0968. The Morgan fingerprint density at radius 2 is 1.60 bits per heavy atom. The number of carbonyl (C=O) groups is 3. The highest BCUT2D eigenvalue weighted by Gasteiger charge is 2.17. The number of aromatic nitrogens is 1. The van der Waals surface area contributed by atoms with Gasteiger partial charge in [-0.3, -0.25) is 19.4 Å². The number of hydrogen-bond donors (Lipinski definition) is 3. The van der Waals surface area contributed by atoms with E-state index < -0.39 is 17.1 Å². The van der Waals surface area contributed by atoms with Crippen LogP contribution in [0.2, 0.25) is 0 Å². The number of pyridine rings is 1. The van der Waals surface area contributed by atoms with Crippen molar-refractivity contribution in [3.8, 4) is 5.75 Å². The predicted octanol–water partition coefficient (Wildman–Crippen LogP) is 5.62. The number of rotatable bonds is 10.